The fraction of sp³-hybridized carbons (Fsp3) is 0. The molecule has 0 amide bonds. The Balaban J connectivity index is 0.000000103. The number of hydrogen-bond acceptors (Lipinski definition) is 8. The molecular formula is C115H73N15O. The topological polar surface area (TPSA) is 137 Å². The first-order valence-electron chi connectivity index (χ1n) is 43.8. The first kappa shape index (κ1) is 74.3. The van der Waals surface area contributed by atoms with Crippen molar-refractivity contribution >= 4 is 176 Å². The van der Waals surface area contributed by atoms with Gasteiger partial charge in [0.2, 0.25) is 0 Å². The molecule has 19 aromatic carbocycles. The molecule has 614 valence electrons. The highest BCUT2D eigenvalue weighted by molar-refractivity contribution is 6.16. The van der Waals surface area contributed by atoms with Gasteiger partial charge in [-0.15, -0.1) is 30.6 Å². The van der Waals surface area contributed by atoms with E-state index >= 15 is 0 Å². The zero-order valence-corrected chi connectivity index (χ0v) is 70.3. The Labute approximate surface area is 747 Å². The van der Waals surface area contributed by atoms with E-state index in [9.17, 15) is 4.79 Å². The number of hydrogen-bond donors (Lipinski definition) is 0. The highest BCUT2D eigenvalue weighted by Gasteiger charge is 2.28. The average molecular weight is 1680 g/mol. The number of benzene rings is 19. The molecule has 0 spiro atoms. The lowest BCUT2D eigenvalue weighted by molar-refractivity contribution is 0.765. The van der Waals surface area contributed by atoms with Crippen molar-refractivity contribution in [3.8, 4) is 45.5 Å². The Hall–Kier alpha value is -18.2. The van der Waals surface area contributed by atoms with E-state index in [4.69, 9.17) is 30.6 Å². The van der Waals surface area contributed by atoms with E-state index in [1.54, 1.807) is 14.4 Å². The summed E-state index contributed by atoms with van der Waals surface area (Å²) in [6.45, 7) is 4.40. The predicted octanol–water partition coefficient (Wildman–Crippen LogP) is 27.1. The molecule has 0 saturated heterocycles. The van der Waals surface area contributed by atoms with Crippen molar-refractivity contribution in [2.45, 2.75) is 0 Å². The minimum absolute atomic E-state index is 0.0365. The highest BCUT2D eigenvalue weighted by Crippen LogP contribution is 2.49. The first-order valence-corrected chi connectivity index (χ1v) is 43.8. The molecule has 27 aromatic rings. The van der Waals surface area contributed by atoms with Crippen LogP contribution in [0.2, 0.25) is 0 Å². The minimum Gasteiger partial charge on any atom is -0.309 e. The molecule has 28 rings (SSSR count). The van der Waals surface area contributed by atoms with Gasteiger partial charge in [-0.2, -0.15) is 14.4 Å². The number of para-hydroxylation sites is 12. The van der Waals surface area contributed by atoms with Crippen molar-refractivity contribution in [3.63, 3.8) is 0 Å². The molecule has 1 aliphatic rings. The molecule has 0 radical (unpaired) electrons. The molecule has 0 bridgehead atoms. The Bertz CT molecular complexity index is 9120. The summed E-state index contributed by atoms with van der Waals surface area (Å²) in [6, 6.07) is 149. The van der Waals surface area contributed by atoms with Crippen molar-refractivity contribution < 1.29 is 0 Å². The second-order valence-corrected chi connectivity index (χ2v) is 33.2. The summed E-state index contributed by atoms with van der Waals surface area (Å²) in [5.41, 5.74) is 30.8. The maximum Gasteiger partial charge on any atom is 0.197 e. The maximum absolute atomic E-state index is 13.3. The van der Waals surface area contributed by atoms with E-state index in [-0.39, 0.29) is 5.43 Å². The summed E-state index contributed by atoms with van der Waals surface area (Å²) in [5, 5.41) is 43.0. The molecule has 16 heteroatoms. The van der Waals surface area contributed by atoms with Crippen LogP contribution in [0.25, 0.3) is 204 Å². The lowest BCUT2D eigenvalue weighted by Crippen LogP contribution is -2.17. The smallest absolute Gasteiger partial charge is 0.197 e. The molecular weight excluding hydrogens is 1610 g/mol. The standard InChI is InChI=1S/C40H25N5.C39H25N5O.C36H23N5/c1-2-16-33-32(15-1)39(44-37-19-9-5-13-30(37)31-14-6-10-20-38(31)44)25-34-40(33)42-45(41-34)27-23-21-26(22-24-27)43-35-17-7-3-11-28(35)29-12-4-8-18-36(29)43;1-25-29-10-2-6-14-35(29)42(36-15-7-3-11-30(25)36)26-18-20-27(21-19-26)44-40-33-23-22-28(24-34(33)41-44)43-37-16-8-4-12-31(37)39(45)32-13-5-9-17-38(32)43;1-5-13-33-27(9-1)28-10-2-6-14-34(28)39(33)24-17-19-25(20-18-24)41-37-31-22-21-26(23-32(31)38-41)40-35-15-7-3-11-29(35)30-12-4-8-16-36(30)40/h1-25H;2-24H,1H2;1-23H. The molecule has 0 saturated carbocycles. The Morgan fingerprint density at radius 3 is 0.802 bits per heavy atom. The Morgan fingerprint density at radius 2 is 0.435 bits per heavy atom. The average Bonchev–Trinajstić information content (AvgIpc) is 1.67. The Morgan fingerprint density at radius 1 is 0.183 bits per heavy atom. The second-order valence-electron chi connectivity index (χ2n) is 33.2. The quantitative estimate of drug-likeness (QED) is 0.130. The van der Waals surface area contributed by atoms with Crippen molar-refractivity contribution in [1.82, 2.24) is 67.8 Å². The van der Waals surface area contributed by atoms with E-state index in [0.717, 1.165) is 134 Å². The summed E-state index contributed by atoms with van der Waals surface area (Å²) in [6.07, 6.45) is 0. The van der Waals surface area contributed by atoms with Gasteiger partial charge in [-0.25, -0.2) is 0 Å². The van der Waals surface area contributed by atoms with Crippen LogP contribution in [0.1, 0.15) is 11.1 Å². The number of nitrogens with zero attached hydrogens (tertiary/aromatic N) is 15. The molecule has 131 heavy (non-hydrogen) atoms. The Kier molecular flexibility index (Phi) is 16.9. The minimum atomic E-state index is 0.0365. The van der Waals surface area contributed by atoms with Crippen LogP contribution in [-0.2, 0) is 0 Å². The van der Waals surface area contributed by atoms with Gasteiger partial charge in [0.15, 0.2) is 5.43 Å². The third kappa shape index (κ3) is 11.9. The maximum atomic E-state index is 13.3. The molecule has 16 nitrogen and oxygen atoms in total. The van der Waals surface area contributed by atoms with E-state index in [1.807, 2.05) is 78.9 Å². The fourth-order valence-corrected chi connectivity index (χ4v) is 20.0. The van der Waals surface area contributed by atoms with Crippen molar-refractivity contribution in [2.24, 2.45) is 0 Å². The van der Waals surface area contributed by atoms with Crippen LogP contribution in [0.4, 0.5) is 17.1 Å². The highest BCUT2D eigenvalue weighted by atomic mass is 16.1. The SMILES string of the molecule is C=C1c2ccccc2N(c2ccc(-n3nc4ccc(-n5c6ccccc6c(=O)c6ccccc65)cc4n3)cc2)c2ccccc21.c1ccc2c(c1)c(-n1c3ccccc3c3ccccc31)cc1nn(-c3ccc(-n4c5ccccc5c5ccccc54)cc3)nc12.c1ccc2c(c1)c1ccccc1n2-c1ccc(-n2nc3ccc(-n4c5ccccc5c5ccccc54)cc3n2)cc1. The van der Waals surface area contributed by atoms with Crippen LogP contribution in [0, 0.1) is 0 Å². The van der Waals surface area contributed by atoms with Gasteiger partial charge in [-0.3, -0.25) is 4.79 Å². The zero-order chi connectivity index (χ0) is 86.5. The monoisotopic (exact) mass is 1680 g/mol. The van der Waals surface area contributed by atoms with Crippen LogP contribution in [0.3, 0.4) is 0 Å². The van der Waals surface area contributed by atoms with Gasteiger partial charge in [0.1, 0.15) is 33.1 Å². The van der Waals surface area contributed by atoms with E-state index < -0.39 is 0 Å². The fourth-order valence-electron chi connectivity index (χ4n) is 20.0. The van der Waals surface area contributed by atoms with Gasteiger partial charge in [-0.05, 0) is 206 Å². The van der Waals surface area contributed by atoms with E-state index in [2.05, 4.69) is 386 Å². The van der Waals surface area contributed by atoms with Gasteiger partial charge in [0, 0.05) is 104 Å². The lowest BCUT2D eigenvalue weighted by atomic mass is 9.91. The molecule has 0 fully saturated rings. The van der Waals surface area contributed by atoms with Crippen LogP contribution >= 0.6 is 0 Å². The van der Waals surface area contributed by atoms with Gasteiger partial charge in [0.05, 0.1) is 89.3 Å². The van der Waals surface area contributed by atoms with Gasteiger partial charge >= 0.3 is 0 Å². The third-order valence-corrected chi connectivity index (χ3v) is 25.9. The van der Waals surface area contributed by atoms with Crippen LogP contribution < -0.4 is 10.3 Å². The van der Waals surface area contributed by atoms with Gasteiger partial charge < -0.3 is 27.7 Å². The first-order chi connectivity index (χ1) is 64.8. The van der Waals surface area contributed by atoms with E-state index in [0.29, 0.717) is 10.8 Å². The summed E-state index contributed by atoms with van der Waals surface area (Å²) in [5.74, 6) is 0. The molecule has 0 aliphatic carbocycles. The third-order valence-electron chi connectivity index (χ3n) is 25.9. The van der Waals surface area contributed by atoms with Gasteiger partial charge in [0.25, 0.3) is 0 Å². The zero-order valence-electron chi connectivity index (χ0n) is 70.3. The number of rotatable bonds is 9. The number of anilines is 3. The summed E-state index contributed by atoms with van der Waals surface area (Å²) in [7, 11) is 0. The number of fused-ring (bicyclic) bond motifs is 21. The summed E-state index contributed by atoms with van der Waals surface area (Å²) < 4.78 is 11.4. The van der Waals surface area contributed by atoms with Crippen molar-refractivity contribution in [3.05, 3.63) is 459 Å². The molecule has 8 aromatic heterocycles. The molecule has 0 atom stereocenters. The van der Waals surface area contributed by atoms with Crippen LogP contribution in [0.5, 0.6) is 0 Å². The van der Waals surface area contributed by atoms with E-state index in [1.165, 1.54) is 87.2 Å². The lowest BCUT2D eigenvalue weighted by Gasteiger charge is -2.34. The number of pyridine rings is 1. The van der Waals surface area contributed by atoms with Gasteiger partial charge in [-0.1, -0.05) is 237 Å². The summed E-state index contributed by atoms with van der Waals surface area (Å²) in [4.78, 5) is 20.7. The van der Waals surface area contributed by atoms with Crippen molar-refractivity contribution in [2.75, 3.05) is 4.90 Å². The normalized spacial score (nSPS) is 12.2. The molecule has 0 unspecified atom stereocenters. The molecule has 0 N–H and O–H groups in total. The largest absolute Gasteiger partial charge is 0.309 e. The van der Waals surface area contributed by atoms with Crippen molar-refractivity contribution in [1.29, 1.82) is 0 Å². The second kappa shape index (κ2) is 29.8. The van der Waals surface area contributed by atoms with Crippen LogP contribution in [-0.4, -0.2) is 67.8 Å². The predicted molar refractivity (Wildman–Crippen MR) is 535 cm³/mol. The molecule has 9 heterocycles. The number of aromatic nitrogens is 14. The summed E-state index contributed by atoms with van der Waals surface area (Å²) >= 11 is 0. The molecule has 1 aliphatic heterocycles. The van der Waals surface area contributed by atoms with Crippen LogP contribution in [0.15, 0.2) is 442 Å².